The van der Waals surface area contributed by atoms with Crippen molar-refractivity contribution in [2.75, 3.05) is 6.61 Å². The highest BCUT2D eigenvalue weighted by molar-refractivity contribution is 7.89. The molecule has 1 aromatic rings. The summed E-state index contributed by atoms with van der Waals surface area (Å²) in [4.78, 5) is 4.08. The van der Waals surface area contributed by atoms with Gasteiger partial charge in [0.2, 0.25) is 10.0 Å². The van der Waals surface area contributed by atoms with Gasteiger partial charge in [-0.2, -0.15) is 0 Å². The number of hydrogen-bond donors (Lipinski definition) is 2. The van der Waals surface area contributed by atoms with E-state index in [1.807, 2.05) is 0 Å². The van der Waals surface area contributed by atoms with Crippen LogP contribution in [0.2, 0.25) is 0 Å². The first-order chi connectivity index (χ1) is 10.0. The molecule has 1 aliphatic rings. The van der Waals surface area contributed by atoms with Crippen LogP contribution in [0.15, 0.2) is 23.4 Å². The molecule has 1 aliphatic carbocycles. The van der Waals surface area contributed by atoms with Crippen LogP contribution in [0.4, 0.5) is 0 Å². The van der Waals surface area contributed by atoms with E-state index in [-0.39, 0.29) is 17.5 Å². The lowest BCUT2D eigenvalue weighted by molar-refractivity contribution is 0.305. The molecule has 0 saturated heterocycles. The van der Waals surface area contributed by atoms with Crippen molar-refractivity contribution in [3.05, 3.63) is 24.0 Å². The molecule has 2 rings (SSSR count). The van der Waals surface area contributed by atoms with Gasteiger partial charge in [0.25, 0.3) is 0 Å². The van der Waals surface area contributed by atoms with Crippen molar-refractivity contribution in [1.82, 2.24) is 9.71 Å². The number of hydrogen-bond acceptors (Lipinski definition) is 4. The quantitative estimate of drug-likeness (QED) is 0.821. The Balaban J connectivity index is 2.16. The molecule has 5 nitrogen and oxygen atoms in total. The lowest BCUT2D eigenvalue weighted by atomic mass is 10.1. The zero-order valence-electron chi connectivity index (χ0n) is 12.0. The number of aliphatic hydroxyl groups excluding tert-OH is 1. The maximum atomic E-state index is 12.4. The van der Waals surface area contributed by atoms with Gasteiger partial charge in [-0.1, -0.05) is 25.2 Å². The largest absolute Gasteiger partial charge is 0.395 e. The Morgan fingerprint density at radius 3 is 2.90 bits per heavy atom. The highest BCUT2D eigenvalue weighted by Crippen LogP contribution is 2.26. The standard InChI is InChI=1S/C15H20N2O3S/c1-12-5-4-7-15(12)17-21(19,20)14-9-13(10-16-11-14)6-2-3-8-18/h9-12,15,17-18H,3-5,7-8H2,1H3. The van der Waals surface area contributed by atoms with Gasteiger partial charge in [-0.3, -0.25) is 4.98 Å². The van der Waals surface area contributed by atoms with Gasteiger partial charge in [-0.15, -0.1) is 0 Å². The van der Waals surface area contributed by atoms with Crippen LogP contribution >= 0.6 is 0 Å². The van der Waals surface area contributed by atoms with Gasteiger partial charge in [0, 0.05) is 30.4 Å². The van der Waals surface area contributed by atoms with Crippen molar-refractivity contribution in [2.24, 2.45) is 5.92 Å². The van der Waals surface area contributed by atoms with Crippen LogP contribution in [0.25, 0.3) is 0 Å². The Kier molecular flexibility index (Phi) is 5.34. The second kappa shape index (κ2) is 7.03. The summed E-state index contributed by atoms with van der Waals surface area (Å²) in [7, 11) is -3.56. The van der Waals surface area contributed by atoms with Crippen molar-refractivity contribution in [2.45, 2.75) is 43.5 Å². The third-order valence-electron chi connectivity index (χ3n) is 3.66. The second-order valence-corrected chi connectivity index (χ2v) is 7.03. The number of rotatable bonds is 4. The van der Waals surface area contributed by atoms with Crippen LogP contribution in [-0.4, -0.2) is 31.2 Å². The van der Waals surface area contributed by atoms with Crippen molar-refractivity contribution in [3.63, 3.8) is 0 Å². The van der Waals surface area contributed by atoms with E-state index in [0.717, 1.165) is 19.3 Å². The minimum atomic E-state index is -3.56. The molecule has 6 heteroatoms. The van der Waals surface area contributed by atoms with E-state index in [2.05, 4.69) is 28.5 Å². The number of pyridine rings is 1. The van der Waals surface area contributed by atoms with Crippen molar-refractivity contribution in [1.29, 1.82) is 0 Å². The molecule has 114 valence electrons. The Hall–Kier alpha value is -1.42. The zero-order chi connectivity index (χ0) is 15.3. The number of aromatic nitrogens is 1. The molecule has 1 heterocycles. The predicted octanol–water partition coefficient (Wildman–Crippen LogP) is 1.28. The SMILES string of the molecule is CC1CCCC1NS(=O)(=O)c1cncc(C#CCCO)c1. The molecule has 2 N–H and O–H groups in total. The summed E-state index contributed by atoms with van der Waals surface area (Å²) >= 11 is 0. The fraction of sp³-hybridized carbons (Fsp3) is 0.533. The van der Waals surface area contributed by atoms with Crippen molar-refractivity contribution < 1.29 is 13.5 Å². The Labute approximate surface area is 125 Å². The van der Waals surface area contributed by atoms with Gasteiger partial charge in [-0.25, -0.2) is 13.1 Å². The molecular formula is C15H20N2O3S. The summed E-state index contributed by atoms with van der Waals surface area (Å²) in [6.07, 6.45) is 6.19. The molecule has 0 aromatic carbocycles. The molecule has 21 heavy (non-hydrogen) atoms. The second-order valence-electron chi connectivity index (χ2n) is 5.32. The van der Waals surface area contributed by atoms with Gasteiger partial charge < -0.3 is 5.11 Å². The Bertz CT molecular complexity index is 646. The summed E-state index contributed by atoms with van der Waals surface area (Å²) in [5, 5.41) is 8.69. The van der Waals surface area contributed by atoms with E-state index in [1.54, 1.807) is 0 Å². The third kappa shape index (κ3) is 4.27. The van der Waals surface area contributed by atoms with Gasteiger partial charge >= 0.3 is 0 Å². The van der Waals surface area contributed by atoms with E-state index in [1.165, 1.54) is 18.5 Å². The lowest BCUT2D eigenvalue weighted by Gasteiger charge is -2.17. The molecular weight excluding hydrogens is 288 g/mol. The van der Waals surface area contributed by atoms with Crippen LogP contribution in [0, 0.1) is 17.8 Å². The van der Waals surface area contributed by atoms with E-state index >= 15 is 0 Å². The highest BCUT2D eigenvalue weighted by atomic mass is 32.2. The molecule has 0 radical (unpaired) electrons. The highest BCUT2D eigenvalue weighted by Gasteiger charge is 2.28. The smallest absolute Gasteiger partial charge is 0.242 e. The molecule has 0 amide bonds. The minimum Gasteiger partial charge on any atom is -0.395 e. The summed E-state index contributed by atoms with van der Waals surface area (Å²) in [5.41, 5.74) is 0.533. The molecule has 2 atom stereocenters. The zero-order valence-corrected chi connectivity index (χ0v) is 12.9. The molecule has 1 saturated carbocycles. The normalized spacial score (nSPS) is 21.8. The average molecular weight is 308 g/mol. The average Bonchev–Trinajstić information content (AvgIpc) is 2.84. The van der Waals surface area contributed by atoms with Crippen LogP contribution < -0.4 is 4.72 Å². The van der Waals surface area contributed by atoms with Crippen LogP contribution in [0.1, 0.15) is 38.2 Å². The predicted molar refractivity (Wildman–Crippen MR) is 79.9 cm³/mol. The molecule has 0 bridgehead atoms. The molecule has 0 aliphatic heterocycles. The fourth-order valence-corrected chi connectivity index (χ4v) is 3.81. The topological polar surface area (TPSA) is 79.3 Å². The molecule has 0 spiro atoms. The van der Waals surface area contributed by atoms with Crippen molar-refractivity contribution in [3.8, 4) is 11.8 Å². The summed E-state index contributed by atoms with van der Waals surface area (Å²) in [5.74, 6) is 5.91. The van der Waals surface area contributed by atoms with Gasteiger partial charge in [0.15, 0.2) is 0 Å². The Morgan fingerprint density at radius 2 is 2.24 bits per heavy atom. The molecule has 1 fully saturated rings. The van der Waals surface area contributed by atoms with Gasteiger partial charge in [0.1, 0.15) is 4.90 Å². The van der Waals surface area contributed by atoms with Gasteiger partial charge in [0.05, 0.1) is 6.61 Å². The number of sulfonamides is 1. The van der Waals surface area contributed by atoms with E-state index in [0.29, 0.717) is 17.9 Å². The van der Waals surface area contributed by atoms with Crippen LogP contribution in [0.3, 0.4) is 0 Å². The Morgan fingerprint density at radius 1 is 1.43 bits per heavy atom. The lowest BCUT2D eigenvalue weighted by Crippen LogP contribution is -2.36. The van der Waals surface area contributed by atoms with Crippen LogP contribution in [-0.2, 0) is 10.0 Å². The number of nitrogens with zero attached hydrogens (tertiary/aromatic N) is 1. The molecule has 1 aromatic heterocycles. The first kappa shape index (κ1) is 16.0. The van der Waals surface area contributed by atoms with E-state index in [9.17, 15) is 8.42 Å². The summed E-state index contributed by atoms with van der Waals surface area (Å²) < 4.78 is 27.5. The maximum absolute atomic E-state index is 12.4. The fourth-order valence-electron chi connectivity index (χ4n) is 2.44. The van der Waals surface area contributed by atoms with E-state index in [4.69, 9.17) is 5.11 Å². The monoisotopic (exact) mass is 308 g/mol. The number of nitrogens with one attached hydrogen (secondary N) is 1. The van der Waals surface area contributed by atoms with Crippen molar-refractivity contribution >= 4 is 10.0 Å². The van der Waals surface area contributed by atoms with Gasteiger partial charge in [-0.05, 0) is 24.8 Å². The first-order valence-corrected chi connectivity index (χ1v) is 8.58. The minimum absolute atomic E-state index is 0.000806. The summed E-state index contributed by atoms with van der Waals surface area (Å²) in [6.45, 7) is 2.05. The van der Waals surface area contributed by atoms with E-state index < -0.39 is 10.0 Å². The maximum Gasteiger partial charge on any atom is 0.242 e. The molecule has 2 unspecified atom stereocenters. The first-order valence-electron chi connectivity index (χ1n) is 7.10. The number of aliphatic hydroxyl groups is 1. The van der Waals surface area contributed by atoms with Crippen LogP contribution in [0.5, 0.6) is 0 Å². The summed E-state index contributed by atoms with van der Waals surface area (Å²) in [6, 6.07) is 1.51. The third-order valence-corrected chi connectivity index (χ3v) is 5.12.